The van der Waals surface area contributed by atoms with E-state index >= 15 is 0 Å². The van der Waals surface area contributed by atoms with Gasteiger partial charge in [0.15, 0.2) is 0 Å². The molecule has 1 heterocycles. The number of aryl methyl sites for hydroxylation is 2. The van der Waals surface area contributed by atoms with Crippen molar-refractivity contribution in [2.45, 2.75) is 47.1 Å². The second kappa shape index (κ2) is 7.27. The Kier molecular flexibility index (Phi) is 5.37. The van der Waals surface area contributed by atoms with Gasteiger partial charge in [0.1, 0.15) is 0 Å². The summed E-state index contributed by atoms with van der Waals surface area (Å²) in [6, 6.07) is 6.34. The first-order valence-electron chi connectivity index (χ1n) is 7.99. The minimum absolute atomic E-state index is 0.270. The number of nitrogens with zero attached hydrogens (tertiary/aromatic N) is 1. The Morgan fingerprint density at radius 2 is 1.78 bits per heavy atom. The molecule has 0 atom stereocenters. The van der Waals surface area contributed by atoms with Crippen LogP contribution >= 0.6 is 0 Å². The van der Waals surface area contributed by atoms with Crippen molar-refractivity contribution in [2.24, 2.45) is 0 Å². The van der Waals surface area contributed by atoms with Crippen LogP contribution in [0.4, 0.5) is 0 Å². The molecule has 0 saturated carbocycles. The zero-order chi connectivity index (χ0) is 17.0. The average Bonchev–Trinajstić information content (AvgIpc) is 2.46. The molecule has 1 aromatic heterocycles. The summed E-state index contributed by atoms with van der Waals surface area (Å²) in [5, 5.41) is 0. The summed E-state index contributed by atoms with van der Waals surface area (Å²) in [7, 11) is 0. The van der Waals surface area contributed by atoms with Gasteiger partial charge in [0, 0.05) is 24.2 Å². The highest BCUT2D eigenvalue weighted by molar-refractivity contribution is 5.33. The van der Waals surface area contributed by atoms with E-state index in [1.54, 1.807) is 4.57 Å². The number of rotatable bonds is 5. The van der Waals surface area contributed by atoms with Gasteiger partial charge in [-0.05, 0) is 32.8 Å². The van der Waals surface area contributed by atoms with Crippen LogP contribution in [-0.4, -0.2) is 9.55 Å². The summed E-state index contributed by atoms with van der Waals surface area (Å²) >= 11 is 0. The molecule has 4 nitrogen and oxygen atoms in total. The molecule has 0 aliphatic carbocycles. The van der Waals surface area contributed by atoms with Crippen molar-refractivity contribution in [2.75, 3.05) is 0 Å². The molecule has 0 unspecified atom stereocenters. The number of H-pyrrole nitrogens is 1. The number of allylic oxidation sites excluding steroid dienone is 2. The van der Waals surface area contributed by atoms with Gasteiger partial charge in [0.05, 0.1) is 0 Å². The largest absolute Gasteiger partial charge is 0.328 e. The summed E-state index contributed by atoms with van der Waals surface area (Å²) in [4.78, 5) is 26.8. The molecule has 0 spiro atoms. The van der Waals surface area contributed by atoms with Crippen molar-refractivity contribution >= 4 is 0 Å². The van der Waals surface area contributed by atoms with Crippen molar-refractivity contribution in [3.8, 4) is 0 Å². The molecule has 4 heteroatoms. The van der Waals surface area contributed by atoms with Crippen molar-refractivity contribution in [3.05, 3.63) is 79.1 Å². The topological polar surface area (TPSA) is 54.9 Å². The lowest BCUT2D eigenvalue weighted by Gasteiger charge is -2.15. The zero-order valence-electron chi connectivity index (χ0n) is 14.3. The van der Waals surface area contributed by atoms with Gasteiger partial charge in [-0.25, -0.2) is 4.79 Å². The second-order valence-corrected chi connectivity index (χ2v) is 5.89. The van der Waals surface area contributed by atoms with E-state index in [1.807, 2.05) is 26.0 Å². The third-order valence-electron chi connectivity index (χ3n) is 3.94. The maximum absolute atomic E-state index is 12.2. The Labute approximate surface area is 136 Å². The summed E-state index contributed by atoms with van der Waals surface area (Å²) in [5.74, 6) is 0. The van der Waals surface area contributed by atoms with E-state index in [9.17, 15) is 9.59 Å². The Hall–Kier alpha value is -2.36. The summed E-state index contributed by atoms with van der Waals surface area (Å²) in [6.07, 6.45) is 5.02. The predicted molar refractivity (Wildman–Crippen MR) is 94.2 cm³/mol. The molecule has 0 radical (unpaired) electrons. The maximum Gasteiger partial charge on any atom is 0.328 e. The van der Waals surface area contributed by atoms with Gasteiger partial charge in [-0.3, -0.25) is 14.3 Å². The molecule has 0 fully saturated rings. The quantitative estimate of drug-likeness (QED) is 0.863. The van der Waals surface area contributed by atoms with Crippen LogP contribution in [0.15, 0.2) is 39.9 Å². The van der Waals surface area contributed by atoms with Crippen molar-refractivity contribution < 1.29 is 0 Å². The molecule has 0 saturated heterocycles. The van der Waals surface area contributed by atoms with E-state index < -0.39 is 0 Å². The van der Waals surface area contributed by atoms with Crippen molar-refractivity contribution in [1.82, 2.24) is 9.55 Å². The summed E-state index contributed by atoms with van der Waals surface area (Å²) in [6.45, 7) is 8.45. The maximum atomic E-state index is 12.2. The van der Waals surface area contributed by atoms with E-state index in [0.29, 0.717) is 24.9 Å². The SMILES string of the molecule is CC=CCn1c(Cc2cc(C)cc(C)c2)c(CC)c(=O)[nH]c1=O. The van der Waals surface area contributed by atoms with Crippen LogP contribution in [-0.2, 0) is 19.4 Å². The zero-order valence-corrected chi connectivity index (χ0v) is 14.3. The van der Waals surface area contributed by atoms with E-state index in [4.69, 9.17) is 0 Å². The van der Waals surface area contributed by atoms with Gasteiger partial charge >= 0.3 is 5.69 Å². The lowest BCUT2D eigenvalue weighted by atomic mass is 10.0. The highest BCUT2D eigenvalue weighted by atomic mass is 16.2. The monoisotopic (exact) mass is 312 g/mol. The molecule has 2 aromatic rings. The van der Waals surface area contributed by atoms with Crippen molar-refractivity contribution in [1.29, 1.82) is 0 Å². The second-order valence-electron chi connectivity index (χ2n) is 5.89. The van der Waals surface area contributed by atoms with Crippen LogP contribution < -0.4 is 11.2 Å². The standard InChI is InChI=1S/C19H24N2O2/c1-5-7-8-21-17(16(6-2)18(22)20-19(21)23)12-15-10-13(3)9-14(4)11-15/h5,7,9-11H,6,8,12H2,1-4H3,(H,20,22,23). The van der Waals surface area contributed by atoms with Gasteiger partial charge < -0.3 is 0 Å². The third kappa shape index (κ3) is 3.89. The average molecular weight is 312 g/mol. The van der Waals surface area contributed by atoms with Gasteiger partial charge in [-0.15, -0.1) is 0 Å². The number of nitrogens with one attached hydrogen (secondary N) is 1. The lowest BCUT2D eigenvalue weighted by molar-refractivity contribution is 0.675. The number of hydrogen-bond acceptors (Lipinski definition) is 2. The molecule has 0 bridgehead atoms. The van der Waals surface area contributed by atoms with Gasteiger partial charge in [0.25, 0.3) is 5.56 Å². The van der Waals surface area contributed by atoms with Gasteiger partial charge in [-0.2, -0.15) is 0 Å². The van der Waals surface area contributed by atoms with E-state index in [2.05, 4.69) is 37.0 Å². The smallest absolute Gasteiger partial charge is 0.293 e. The molecule has 1 N–H and O–H groups in total. The fraction of sp³-hybridized carbons (Fsp3) is 0.368. The molecular weight excluding hydrogens is 288 g/mol. The molecule has 1 aromatic carbocycles. The molecule has 23 heavy (non-hydrogen) atoms. The highest BCUT2D eigenvalue weighted by Crippen LogP contribution is 2.15. The van der Waals surface area contributed by atoms with Crippen LogP contribution in [0, 0.1) is 13.8 Å². The number of benzene rings is 1. The van der Waals surface area contributed by atoms with E-state index in [0.717, 1.165) is 11.3 Å². The predicted octanol–water partition coefficient (Wildman–Crippen LogP) is 2.88. The Morgan fingerprint density at radius 3 is 2.35 bits per heavy atom. The van der Waals surface area contributed by atoms with Crippen LogP contribution in [0.5, 0.6) is 0 Å². The van der Waals surface area contributed by atoms with Gasteiger partial charge in [0.2, 0.25) is 0 Å². The fourth-order valence-electron chi connectivity index (χ4n) is 2.99. The normalized spacial score (nSPS) is 11.3. The lowest BCUT2D eigenvalue weighted by Crippen LogP contribution is -2.35. The number of aromatic nitrogens is 2. The first-order valence-corrected chi connectivity index (χ1v) is 7.99. The summed E-state index contributed by atoms with van der Waals surface area (Å²) in [5.41, 5.74) is 4.38. The minimum Gasteiger partial charge on any atom is -0.293 e. The molecule has 2 rings (SSSR count). The third-order valence-corrected chi connectivity index (χ3v) is 3.94. The Morgan fingerprint density at radius 1 is 1.13 bits per heavy atom. The molecule has 122 valence electrons. The first-order chi connectivity index (χ1) is 11.0. The number of hydrogen-bond donors (Lipinski definition) is 1. The fourth-order valence-corrected chi connectivity index (χ4v) is 2.99. The Bertz CT molecular complexity index is 821. The number of aromatic amines is 1. The van der Waals surface area contributed by atoms with E-state index in [-0.39, 0.29) is 11.2 Å². The Balaban J connectivity index is 2.62. The van der Waals surface area contributed by atoms with Crippen LogP contribution in [0.3, 0.4) is 0 Å². The highest BCUT2D eigenvalue weighted by Gasteiger charge is 2.13. The van der Waals surface area contributed by atoms with Crippen LogP contribution in [0.25, 0.3) is 0 Å². The van der Waals surface area contributed by atoms with Crippen molar-refractivity contribution in [3.63, 3.8) is 0 Å². The van der Waals surface area contributed by atoms with E-state index in [1.165, 1.54) is 11.1 Å². The molecule has 0 aliphatic heterocycles. The molecule has 0 aliphatic rings. The molecular formula is C19H24N2O2. The first kappa shape index (κ1) is 17.0. The van der Waals surface area contributed by atoms with Gasteiger partial charge in [-0.1, -0.05) is 48.4 Å². The summed E-state index contributed by atoms with van der Waals surface area (Å²) < 4.78 is 1.66. The minimum atomic E-state index is -0.343. The van der Waals surface area contributed by atoms with Crippen LogP contribution in [0.1, 0.15) is 41.8 Å². The molecule has 0 amide bonds. The van der Waals surface area contributed by atoms with Crippen LogP contribution in [0.2, 0.25) is 0 Å².